The number of nitrogens with one attached hydrogen (secondary N) is 2. The average Bonchev–Trinajstić information content (AvgIpc) is 3.23. The van der Waals surface area contributed by atoms with E-state index in [0.717, 1.165) is 49.7 Å². The molecule has 0 spiro atoms. The monoisotopic (exact) mass is 471 g/mol. The van der Waals surface area contributed by atoms with Gasteiger partial charge in [0.25, 0.3) is 0 Å². The molecule has 2 atom stereocenters. The van der Waals surface area contributed by atoms with Crippen molar-refractivity contribution >= 4 is 17.8 Å². The van der Waals surface area contributed by atoms with Gasteiger partial charge in [-0.15, -0.1) is 0 Å². The maximum atomic E-state index is 14.7. The summed E-state index contributed by atoms with van der Waals surface area (Å²) >= 11 is 0. The minimum Gasteiger partial charge on any atom is -0.444 e. The third-order valence-electron chi connectivity index (χ3n) is 6.34. The lowest BCUT2D eigenvalue weighted by molar-refractivity contribution is -0.121. The molecule has 1 fully saturated rings. The van der Waals surface area contributed by atoms with Gasteiger partial charge in [0.05, 0.1) is 12.4 Å². The zero-order valence-corrected chi connectivity index (χ0v) is 20.6. The van der Waals surface area contributed by atoms with E-state index in [1.54, 1.807) is 12.3 Å². The van der Waals surface area contributed by atoms with Gasteiger partial charge < -0.3 is 15.4 Å². The summed E-state index contributed by atoms with van der Waals surface area (Å²) in [4.78, 5) is 29.2. The molecular weight excluding hydrogens is 437 g/mol. The molecule has 0 radical (unpaired) electrons. The van der Waals surface area contributed by atoms with Crippen molar-refractivity contribution in [2.75, 3.05) is 5.32 Å². The Hall–Kier alpha value is -2.97. The van der Waals surface area contributed by atoms with E-state index < -0.39 is 17.5 Å². The number of hydrogen-bond acceptors (Lipinski definition) is 5. The molecule has 34 heavy (non-hydrogen) atoms. The van der Waals surface area contributed by atoms with Gasteiger partial charge in [-0.3, -0.25) is 9.48 Å². The summed E-state index contributed by atoms with van der Waals surface area (Å²) in [5.74, 6) is -0.592. The van der Waals surface area contributed by atoms with Crippen molar-refractivity contribution in [2.24, 2.45) is 11.3 Å². The third-order valence-corrected chi connectivity index (χ3v) is 6.34. The van der Waals surface area contributed by atoms with Crippen molar-refractivity contribution < 1.29 is 18.7 Å². The molecule has 0 unspecified atom stereocenters. The second-order valence-corrected chi connectivity index (χ2v) is 11.2. The molecule has 0 bridgehead atoms. The van der Waals surface area contributed by atoms with E-state index >= 15 is 0 Å². The van der Waals surface area contributed by atoms with Crippen molar-refractivity contribution in [3.8, 4) is 11.1 Å². The first-order valence-electron chi connectivity index (χ1n) is 11.9. The van der Waals surface area contributed by atoms with Gasteiger partial charge in [-0.2, -0.15) is 5.10 Å². The Morgan fingerprint density at radius 1 is 1.21 bits per heavy atom. The molecule has 1 aliphatic carbocycles. The summed E-state index contributed by atoms with van der Waals surface area (Å²) in [5, 5.41) is 10.1. The predicted molar refractivity (Wildman–Crippen MR) is 127 cm³/mol. The van der Waals surface area contributed by atoms with Crippen LogP contribution in [0.3, 0.4) is 0 Å². The topological polar surface area (TPSA) is 98.1 Å². The average molecular weight is 472 g/mol. The van der Waals surface area contributed by atoms with E-state index in [-0.39, 0.29) is 23.3 Å². The van der Waals surface area contributed by atoms with Crippen LogP contribution in [0.2, 0.25) is 0 Å². The van der Waals surface area contributed by atoms with Crippen LogP contribution in [0.25, 0.3) is 11.1 Å². The first-order valence-corrected chi connectivity index (χ1v) is 11.9. The summed E-state index contributed by atoms with van der Waals surface area (Å²) in [7, 11) is 0. The van der Waals surface area contributed by atoms with Crippen LogP contribution in [0.5, 0.6) is 0 Å². The van der Waals surface area contributed by atoms with E-state index in [9.17, 15) is 14.0 Å². The number of nitrogens with zero attached hydrogens (tertiary/aromatic N) is 3. The van der Waals surface area contributed by atoms with Gasteiger partial charge in [-0.25, -0.2) is 14.2 Å². The van der Waals surface area contributed by atoms with Crippen LogP contribution in [-0.2, 0) is 22.5 Å². The molecule has 2 amide bonds. The van der Waals surface area contributed by atoms with E-state index in [4.69, 9.17) is 4.74 Å². The number of aromatic nitrogens is 3. The van der Waals surface area contributed by atoms with Crippen LogP contribution >= 0.6 is 0 Å². The van der Waals surface area contributed by atoms with Gasteiger partial charge in [0.15, 0.2) is 0 Å². The number of pyridine rings is 1. The summed E-state index contributed by atoms with van der Waals surface area (Å²) in [6.45, 7) is 10.6. The molecule has 3 heterocycles. The molecule has 2 aromatic heterocycles. The smallest absolute Gasteiger partial charge is 0.407 e. The van der Waals surface area contributed by atoms with Crippen molar-refractivity contribution in [3.63, 3.8) is 0 Å². The molecule has 0 aromatic carbocycles. The van der Waals surface area contributed by atoms with Crippen molar-refractivity contribution in [1.82, 2.24) is 20.1 Å². The summed E-state index contributed by atoms with van der Waals surface area (Å²) in [6.07, 6.45) is 6.01. The number of alkyl carbamates (subject to hydrolysis) is 1. The standard InChI is InChI=1S/C25H34FN5O3/c1-24(2,3)34-23(33)29-16-8-6-7-15(9-16)22(32)30-21-10-17(19(26)13-27-21)18-12-28-31-14-25(4,5)11-20(18)31/h10,12-13,15-16H,6-9,11,14H2,1-5H3,(H,29,33)(H,27,30,32)/t15-,16-/m0/s1. The maximum absolute atomic E-state index is 14.7. The predicted octanol–water partition coefficient (Wildman–Crippen LogP) is 4.69. The van der Waals surface area contributed by atoms with Crippen molar-refractivity contribution in [2.45, 2.75) is 84.9 Å². The second-order valence-electron chi connectivity index (χ2n) is 11.2. The molecule has 1 aliphatic heterocycles. The molecule has 184 valence electrons. The van der Waals surface area contributed by atoms with Crippen molar-refractivity contribution in [3.05, 3.63) is 30.0 Å². The Labute approximate surface area is 199 Å². The van der Waals surface area contributed by atoms with Crippen LogP contribution in [0.1, 0.15) is 66.0 Å². The van der Waals surface area contributed by atoms with Crippen molar-refractivity contribution in [1.29, 1.82) is 0 Å². The summed E-state index contributed by atoms with van der Waals surface area (Å²) in [6, 6.07) is 1.45. The number of rotatable bonds is 4. The van der Waals surface area contributed by atoms with E-state index in [2.05, 4.69) is 34.6 Å². The number of ether oxygens (including phenoxy) is 1. The van der Waals surface area contributed by atoms with Crippen LogP contribution in [0.15, 0.2) is 18.5 Å². The number of carbonyl (C=O) groups excluding carboxylic acids is 2. The van der Waals surface area contributed by atoms with Gasteiger partial charge in [0, 0.05) is 35.3 Å². The molecule has 8 nitrogen and oxygen atoms in total. The summed E-state index contributed by atoms with van der Waals surface area (Å²) in [5.41, 5.74) is 1.62. The van der Waals surface area contributed by atoms with E-state index in [1.807, 2.05) is 25.5 Å². The SMILES string of the molecule is CC1(C)Cc2c(-c3cc(NC(=O)[C@H]4CCC[C@H](NC(=O)OC(C)(C)C)C4)ncc3F)cnn2C1. The Morgan fingerprint density at radius 3 is 2.71 bits per heavy atom. The highest BCUT2D eigenvalue weighted by atomic mass is 19.1. The lowest BCUT2D eigenvalue weighted by atomic mass is 9.85. The van der Waals surface area contributed by atoms with Crippen LogP contribution < -0.4 is 10.6 Å². The fourth-order valence-electron chi connectivity index (χ4n) is 4.85. The third kappa shape index (κ3) is 5.56. The molecule has 2 N–H and O–H groups in total. The first-order chi connectivity index (χ1) is 15.9. The van der Waals surface area contributed by atoms with Gasteiger partial charge in [0.2, 0.25) is 5.91 Å². The lowest BCUT2D eigenvalue weighted by Crippen LogP contribution is -2.43. The number of hydrogen-bond donors (Lipinski definition) is 2. The number of carbonyl (C=O) groups is 2. The highest BCUT2D eigenvalue weighted by Crippen LogP contribution is 2.38. The quantitative estimate of drug-likeness (QED) is 0.674. The van der Waals surface area contributed by atoms with E-state index in [0.29, 0.717) is 17.8 Å². The van der Waals surface area contributed by atoms with Gasteiger partial charge in [-0.1, -0.05) is 20.3 Å². The number of anilines is 1. The number of halogens is 1. The highest BCUT2D eigenvalue weighted by Gasteiger charge is 2.33. The first kappa shape index (κ1) is 24.2. The Kier molecular flexibility index (Phi) is 6.40. The fraction of sp³-hybridized carbons (Fsp3) is 0.600. The molecule has 9 heteroatoms. The summed E-state index contributed by atoms with van der Waals surface area (Å²) < 4.78 is 22.0. The Bertz CT molecular complexity index is 1090. The molecule has 4 rings (SSSR count). The lowest BCUT2D eigenvalue weighted by Gasteiger charge is -2.30. The highest BCUT2D eigenvalue weighted by molar-refractivity contribution is 5.92. The van der Waals surface area contributed by atoms with Crippen LogP contribution in [0, 0.1) is 17.2 Å². The molecule has 0 saturated heterocycles. The van der Waals surface area contributed by atoms with Crippen LogP contribution in [0.4, 0.5) is 15.0 Å². The Balaban J connectivity index is 1.43. The zero-order chi connectivity index (χ0) is 24.7. The zero-order valence-electron chi connectivity index (χ0n) is 20.6. The van der Waals surface area contributed by atoms with Gasteiger partial charge >= 0.3 is 6.09 Å². The fourth-order valence-corrected chi connectivity index (χ4v) is 4.85. The van der Waals surface area contributed by atoms with Crippen LogP contribution in [-0.4, -0.2) is 38.4 Å². The Morgan fingerprint density at radius 2 is 1.97 bits per heavy atom. The maximum Gasteiger partial charge on any atom is 0.407 e. The number of fused-ring (bicyclic) bond motifs is 1. The second kappa shape index (κ2) is 9.00. The normalized spacial score (nSPS) is 21.6. The number of amides is 2. The van der Waals surface area contributed by atoms with Gasteiger partial charge in [-0.05, 0) is 57.9 Å². The molecule has 1 saturated carbocycles. The molecule has 2 aliphatic rings. The van der Waals surface area contributed by atoms with Gasteiger partial charge in [0.1, 0.15) is 17.2 Å². The molecule has 2 aromatic rings. The minimum absolute atomic E-state index is 0.0732. The molecular formula is C25H34FN5O3. The largest absolute Gasteiger partial charge is 0.444 e. The minimum atomic E-state index is -0.576. The van der Waals surface area contributed by atoms with E-state index in [1.165, 1.54) is 0 Å².